The Bertz CT molecular complexity index is 617. The Hall–Kier alpha value is -1.48. The largest absolute Gasteiger partial charge is 0.289 e. The smallest absolute Gasteiger partial charge is 0.194 e. The quantitative estimate of drug-likeness (QED) is 0.717. The van der Waals surface area contributed by atoms with Crippen LogP contribution in [0.1, 0.15) is 35.3 Å². The molecule has 2 aromatic rings. The first kappa shape index (κ1) is 14.9. The minimum absolute atomic E-state index is 0.174. The lowest BCUT2D eigenvalue weighted by Gasteiger charge is -2.07. The standard InChI is InChI=1S/C17H16BrFO/c1-11(2)9-12-3-5-13(6-4-12)17(20)15-10-14(19)7-8-16(15)18/h3-8,10-11H,9H2,1-2H3. The highest BCUT2D eigenvalue weighted by Gasteiger charge is 2.13. The lowest BCUT2D eigenvalue weighted by Crippen LogP contribution is -2.03. The van der Waals surface area contributed by atoms with Crippen LogP contribution in [0.2, 0.25) is 0 Å². The van der Waals surface area contributed by atoms with Gasteiger partial charge in [0.25, 0.3) is 0 Å². The molecule has 0 N–H and O–H groups in total. The zero-order valence-corrected chi connectivity index (χ0v) is 13.1. The molecule has 0 radical (unpaired) electrons. The van der Waals surface area contributed by atoms with Crippen LogP contribution in [0.3, 0.4) is 0 Å². The molecule has 3 heteroatoms. The maximum Gasteiger partial charge on any atom is 0.194 e. The van der Waals surface area contributed by atoms with Gasteiger partial charge in [-0.05, 0) is 36.1 Å². The highest BCUT2D eigenvalue weighted by Crippen LogP contribution is 2.21. The van der Waals surface area contributed by atoms with Gasteiger partial charge in [-0.25, -0.2) is 4.39 Å². The van der Waals surface area contributed by atoms with Crippen molar-refractivity contribution in [2.45, 2.75) is 20.3 Å². The normalized spacial score (nSPS) is 10.8. The van der Waals surface area contributed by atoms with Gasteiger partial charge in [0.15, 0.2) is 5.78 Å². The Kier molecular flexibility index (Phi) is 4.71. The van der Waals surface area contributed by atoms with Gasteiger partial charge in [0.1, 0.15) is 5.82 Å². The Morgan fingerprint density at radius 2 is 1.80 bits per heavy atom. The van der Waals surface area contributed by atoms with Crippen molar-refractivity contribution in [2.75, 3.05) is 0 Å². The summed E-state index contributed by atoms with van der Waals surface area (Å²) in [4.78, 5) is 12.4. The zero-order valence-electron chi connectivity index (χ0n) is 11.5. The lowest BCUT2D eigenvalue weighted by atomic mass is 9.98. The highest BCUT2D eigenvalue weighted by atomic mass is 79.9. The number of rotatable bonds is 4. The molecular formula is C17H16BrFO. The molecule has 2 aromatic carbocycles. The summed E-state index contributed by atoms with van der Waals surface area (Å²) in [6.07, 6.45) is 0.984. The van der Waals surface area contributed by atoms with E-state index in [2.05, 4.69) is 29.8 Å². The summed E-state index contributed by atoms with van der Waals surface area (Å²) in [7, 11) is 0. The van der Waals surface area contributed by atoms with Crippen molar-refractivity contribution in [3.63, 3.8) is 0 Å². The van der Waals surface area contributed by atoms with Crippen LogP contribution < -0.4 is 0 Å². The SMILES string of the molecule is CC(C)Cc1ccc(C(=O)c2cc(F)ccc2Br)cc1. The molecule has 0 aliphatic rings. The molecule has 0 fully saturated rings. The van der Waals surface area contributed by atoms with Crippen LogP contribution in [-0.2, 0) is 6.42 Å². The van der Waals surface area contributed by atoms with Gasteiger partial charge < -0.3 is 0 Å². The van der Waals surface area contributed by atoms with Crippen LogP contribution in [0, 0.1) is 11.7 Å². The fraction of sp³-hybridized carbons (Fsp3) is 0.235. The van der Waals surface area contributed by atoms with E-state index in [0.717, 1.165) is 6.42 Å². The van der Waals surface area contributed by atoms with Gasteiger partial charge in [-0.1, -0.05) is 54.0 Å². The first-order chi connectivity index (χ1) is 9.47. The van der Waals surface area contributed by atoms with E-state index in [1.54, 1.807) is 18.2 Å². The predicted molar refractivity (Wildman–Crippen MR) is 82.5 cm³/mol. The summed E-state index contributed by atoms with van der Waals surface area (Å²) < 4.78 is 13.9. The van der Waals surface area contributed by atoms with Crippen molar-refractivity contribution in [3.05, 3.63) is 69.4 Å². The molecule has 0 aliphatic carbocycles. The summed E-state index contributed by atoms with van der Waals surface area (Å²) in [5, 5.41) is 0. The van der Waals surface area contributed by atoms with E-state index in [9.17, 15) is 9.18 Å². The van der Waals surface area contributed by atoms with Crippen molar-refractivity contribution >= 4 is 21.7 Å². The fourth-order valence-corrected chi connectivity index (χ4v) is 2.52. The van der Waals surface area contributed by atoms with Gasteiger partial charge in [-0.2, -0.15) is 0 Å². The highest BCUT2D eigenvalue weighted by molar-refractivity contribution is 9.10. The molecule has 0 amide bonds. The molecule has 0 atom stereocenters. The molecule has 0 heterocycles. The van der Waals surface area contributed by atoms with Crippen molar-refractivity contribution in [1.29, 1.82) is 0 Å². The maximum absolute atomic E-state index is 13.3. The fourth-order valence-electron chi connectivity index (χ4n) is 2.09. The number of hydrogen-bond acceptors (Lipinski definition) is 1. The van der Waals surface area contributed by atoms with Crippen LogP contribution in [0.25, 0.3) is 0 Å². The second kappa shape index (κ2) is 6.31. The van der Waals surface area contributed by atoms with Crippen molar-refractivity contribution in [3.8, 4) is 0 Å². The Labute approximate surface area is 127 Å². The molecule has 20 heavy (non-hydrogen) atoms. The average Bonchev–Trinajstić information content (AvgIpc) is 2.41. The summed E-state index contributed by atoms with van der Waals surface area (Å²) in [6.45, 7) is 4.31. The van der Waals surface area contributed by atoms with Crippen LogP contribution >= 0.6 is 15.9 Å². The lowest BCUT2D eigenvalue weighted by molar-refractivity contribution is 0.103. The molecular weight excluding hydrogens is 319 g/mol. The molecule has 0 aliphatic heterocycles. The number of hydrogen-bond donors (Lipinski definition) is 0. The molecule has 0 saturated carbocycles. The number of halogens is 2. The number of ketones is 1. The first-order valence-corrected chi connectivity index (χ1v) is 7.35. The first-order valence-electron chi connectivity index (χ1n) is 6.56. The number of carbonyl (C=O) groups is 1. The molecule has 0 unspecified atom stereocenters. The van der Waals surface area contributed by atoms with Gasteiger partial charge >= 0.3 is 0 Å². The maximum atomic E-state index is 13.3. The molecule has 0 bridgehead atoms. The summed E-state index contributed by atoms with van der Waals surface area (Å²) in [6, 6.07) is 11.7. The van der Waals surface area contributed by atoms with E-state index in [0.29, 0.717) is 21.5 Å². The van der Waals surface area contributed by atoms with E-state index in [1.165, 1.54) is 17.7 Å². The molecule has 104 valence electrons. The summed E-state index contributed by atoms with van der Waals surface area (Å²) in [5.41, 5.74) is 2.13. The Balaban J connectivity index is 2.27. The second-order valence-corrected chi connectivity index (χ2v) is 6.10. The van der Waals surface area contributed by atoms with Gasteiger partial charge in [0.2, 0.25) is 0 Å². The van der Waals surface area contributed by atoms with E-state index in [4.69, 9.17) is 0 Å². The Morgan fingerprint density at radius 3 is 2.40 bits per heavy atom. The second-order valence-electron chi connectivity index (χ2n) is 5.25. The predicted octanol–water partition coefficient (Wildman–Crippen LogP) is 5.02. The number of benzene rings is 2. The van der Waals surface area contributed by atoms with E-state index in [1.807, 2.05) is 12.1 Å². The molecule has 0 spiro atoms. The molecule has 0 aromatic heterocycles. The molecule has 0 saturated heterocycles. The third kappa shape index (κ3) is 3.54. The molecule has 1 nitrogen and oxygen atoms in total. The van der Waals surface area contributed by atoms with Crippen LogP contribution in [0.4, 0.5) is 4.39 Å². The third-order valence-corrected chi connectivity index (χ3v) is 3.72. The number of carbonyl (C=O) groups excluding carboxylic acids is 1. The summed E-state index contributed by atoms with van der Waals surface area (Å²) >= 11 is 3.29. The van der Waals surface area contributed by atoms with E-state index in [-0.39, 0.29) is 5.78 Å². The minimum Gasteiger partial charge on any atom is -0.289 e. The van der Waals surface area contributed by atoms with Crippen molar-refractivity contribution in [2.24, 2.45) is 5.92 Å². The van der Waals surface area contributed by atoms with Crippen LogP contribution in [-0.4, -0.2) is 5.78 Å². The van der Waals surface area contributed by atoms with Crippen molar-refractivity contribution in [1.82, 2.24) is 0 Å². The summed E-state index contributed by atoms with van der Waals surface area (Å²) in [5.74, 6) is -0.00522. The van der Waals surface area contributed by atoms with Crippen LogP contribution in [0.15, 0.2) is 46.9 Å². The van der Waals surface area contributed by atoms with Gasteiger partial charge in [0.05, 0.1) is 0 Å². The zero-order chi connectivity index (χ0) is 14.7. The van der Waals surface area contributed by atoms with E-state index < -0.39 is 5.82 Å². The van der Waals surface area contributed by atoms with Crippen molar-refractivity contribution < 1.29 is 9.18 Å². The van der Waals surface area contributed by atoms with E-state index >= 15 is 0 Å². The van der Waals surface area contributed by atoms with Gasteiger partial charge in [-0.15, -0.1) is 0 Å². The Morgan fingerprint density at radius 1 is 1.15 bits per heavy atom. The van der Waals surface area contributed by atoms with Gasteiger partial charge in [-0.3, -0.25) is 4.79 Å². The monoisotopic (exact) mass is 334 g/mol. The average molecular weight is 335 g/mol. The van der Waals surface area contributed by atoms with Gasteiger partial charge in [0, 0.05) is 15.6 Å². The molecule has 2 rings (SSSR count). The third-order valence-electron chi connectivity index (χ3n) is 3.03. The van der Waals surface area contributed by atoms with Crippen LogP contribution in [0.5, 0.6) is 0 Å². The minimum atomic E-state index is -0.409. The topological polar surface area (TPSA) is 17.1 Å².